The second-order valence-corrected chi connectivity index (χ2v) is 7.58. The zero-order valence-electron chi connectivity index (χ0n) is 14.6. The molecule has 0 aliphatic heterocycles. The normalized spacial score (nSPS) is 11.1. The molecule has 0 saturated carbocycles. The van der Waals surface area contributed by atoms with Gasteiger partial charge >= 0.3 is 0 Å². The summed E-state index contributed by atoms with van der Waals surface area (Å²) in [5.74, 6) is -0.279. The van der Waals surface area contributed by atoms with E-state index in [1.54, 1.807) is 36.7 Å². The van der Waals surface area contributed by atoms with Crippen LogP contribution in [0.2, 0.25) is 0 Å². The number of carbonyl (C=O) groups is 1. The number of benzene rings is 3. The van der Waals surface area contributed by atoms with Crippen molar-refractivity contribution < 1.29 is 4.79 Å². The molecule has 0 unspecified atom stereocenters. The van der Waals surface area contributed by atoms with Gasteiger partial charge in [-0.05, 0) is 59.7 Å². The Labute approximate surface area is 179 Å². The molecule has 28 heavy (non-hydrogen) atoms. The Hall–Kier alpha value is -2.77. The third kappa shape index (κ3) is 6.14. The van der Waals surface area contributed by atoms with Crippen LogP contribution in [0.3, 0.4) is 0 Å². The van der Waals surface area contributed by atoms with Gasteiger partial charge in [0.05, 0.1) is 18.1 Å². The highest BCUT2D eigenvalue weighted by atomic mass is 79.9. The maximum absolute atomic E-state index is 12.1. The van der Waals surface area contributed by atoms with Crippen molar-refractivity contribution in [3.63, 3.8) is 0 Å². The molecule has 0 fully saturated rings. The van der Waals surface area contributed by atoms with Gasteiger partial charge in [0.25, 0.3) is 5.91 Å². The molecule has 0 spiro atoms. The van der Waals surface area contributed by atoms with Crippen LogP contribution in [0.5, 0.6) is 0 Å². The number of nitrogens with zero attached hydrogens (tertiary/aromatic N) is 2. The summed E-state index contributed by atoms with van der Waals surface area (Å²) in [6.45, 7) is 0. The van der Waals surface area contributed by atoms with Gasteiger partial charge in [-0.2, -0.15) is 10.2 Å². The van der Waals surface area contributed by atoms with Crippen molar-refractivity contribution in [3.8, 4) is 0 Å². The summed E-state index contributed by atoms with van der Waals surface area (Å²) < 4.78 is 2.01. The van der Waals surface area contributed by atoms with E-state index in [1.165, 1.54) is 0 Å². The van der Waals surface area contributed by atoms with Crippen molar-refractivity contribution in [2.75, 3.05) is 5.43 Å². The second kappa shape index (κ2) is 9.96. The maximum Gasteiger partial charge on any atom is 0.271 e. The van der Waals surface area contributed by atoms with Gasteiger partial charge in [-0.3, -0.25) is 10.2 Å². The van der Waals surface area contributed by atoms with Crippen molar-refractivity contribution in [2.45, 2.75) is 0 Å². The first-order valence-corrected chi connectivity index (χ1v) is 9.92. The summed E-state index contributed by atoms with van der Waals surface area (Å²) >= 11 is 6.77. The van der Waals surface area contributed by atoms with Gasteiger partial charge in [-0.25, -0.2) is 5.43 Å². The van der Waals surface area contributed by atoms with Crippen LogP contribution in [-0.4, -0.2) is 18.3 Å². The lowest BCUT2D eigenvalue weighted by Crippen LogP contribution is -2.17. The largest absolute Gasteiger partial charge is 0.279 e. The van der Waals surface area contributed by atoms with Gasteiger partial charge in [0.2, 0.25) is 0 Å². The van der Waals surface area contributed by atoms with Gasteiger partial charge in [-0.1, -0.05) is 56.1 Å². The Morgan fingerprint density at radius 2 is 1.21 bits per heavy atom. The Balaban J connectivity index is 1.52. The average molecular weight is 500 g/mol. The molecular weight excluding hydrogens is 484 g/mol. The second-order valence-electron chi connectivity index (χ2n) is 5.75. The van der Waals surface area contributed by atoms with Gasteiger partial charge in [-0.15, -0.1) is 0 Å². The van der Waals surface area contributed by atoms with Crippen molar-refractivity contribution >= 4 is 55.9 Å². The van der Waals surface area contributed by atoms with Gasteiger partial charge in [0.15, 0.2) is 0 Å². The molecule has 5 nitrogen and oxygen atoms in total. The first-order chi connectivity index (χ1) is 13.6. The number of hydrogen-bond donors (Lipinski definition) is 2. The Morgan fingerprint density at radius 3 is 1.75 bits per heavy atom. The van der Waals surface area contributed by atoms with Crippen molar-refractivity contribution in [2.24, 2.45) is 10.2 Å². The lowest BCUT2D eigenvalue weighted by molar-refractivity contribution is 0.0955. The van der Waals surface area contributed by atoms with Crippen LogP contribution < -0.4 is 10.9 Å². The molecule has 0 bridgehead atoms. The fraction of sp³-hybridized carbons (Fsp3) is 0. The van der Waals surface area contributed by atoms with Crippen molar-refractivity contribution in [1.82, 2.24) is 5.43 Å². The molecule has 0 atom stereocenters. The van der Waals surface area contributed by atoms with E-state index in [0.29, 0.717) is 5.56 Å². The molecule has 0 aliphatic carbocycles. The molecule has 0 aromatic heterocycles. The molecule has 2 N–H and O–H groups in total. The van der Waals surface area contributed by atoms with Gasteiger partial charge in [0.1, 0.15) is 0 Å². The van der Waals surface area contributed by atoms with E-state index in [4.69, 9.17) is 0 Å². The Morgan fingerprint density at radius 1 is 0.714 bits per heavy atom. The number of halogens is 2. The van der Waals surface area contributed by atoms with Gasteiger partial charge < -0.3 is 0 Å². The lowest BCUT2D eigenvalue weighted by Gasteiger charge is -2.03. The van der Waals surface area contributed by atoms with Crippen LogP contribution in [0.15, 0.2) is 91.9 Å². The molecule has 0 aliphatic rings. The zero-order chi connectivity index (χ0) is 19.8. The number of hydrogen-bond acceptors (Lipinski definition) is 4. The van der Waals surface area contributed by atoms with Crippen LogP contribution in [-0.2, 0) is 0 Å². The molecule has 0 radical (unpaired) electrons. The summed E-state index contributed by atoms with van der Waals surface area (Å²) in [5.41, 5.74) is 8.62. The topological polar surface area (TPSA) is 65.8 Å². The van der Waals surface area contributed by atoms with E-state index >= 15 is 0 Å². The number of amides is 1. The van der Waals surface area contributed by atoms with Gasteiger partial charge in [0, 0.05) is 14.5 Å². The number of nitrogens with one attached hydrogen (secondary N) is 2. The summed E-state index contributed by atoms with van der Waals surface area (Å²) in [5, 5.41) is 8.16. The van der Waals surface area contributed by atoms with E-state index in [2.05, 4.69) is 52.9 Å². The highest BCUT2D eigenvalue weighted by molar-refractivity contribution is 9.10. The van der Waals surface area contributed by atoms with E-state index in [1.807, 2.05) is 48.5 Å². The standard InChI is InChI=1S/C21H16Br2N4O/c22-18-7-1-15(2-8-18)13-24-26-20-11-5-17(6-12-20)21(28)27-25-14-16-3-9-19(23)10-4-16/h1-14,26H,(H,27,28)/b24-13-,25-14-. The molecule has 1 amide bonds. The first-order valence-electron chi connectivity index (χ1n) is 8.34. The number of hydrazone groups is 2. The minimum absolute atomic E-state index is 0.279. The lowest BCUT2D eigenvalue weighted by atomic mass is 10.2. The number of anilines is 1. The smallest absolute Gasteiger partial charge is 0.271 e. The highest BCUT2D eigenvalue weighted by Crippen LogP contribution is 2.11. The fourth-order valence-electron chi connectivity index (χ4n) is 2.21. The molecule has 3 aromatic carbocycles. The SMILES string of the molecule is O=C(N/N=C\c1ccc(Br)cc1)c1ccc(N/N=C\c2ccc(Br)cc2)cc1. The van der Waals surface area contributed by atoms with Crippen LogP contribution in [0, 0.1) is 0 Å². The minimum Gasteiger partial charge on any atom is -0.279 e. The first kappa shape index (κ1) is 20.0. The van der Waals surface area contributed by atoms with E-state index in [9.17, 15) is 4.79 Å². The van der Waals surface area contributed by atoms with Crippen LogP contribution in [0.4, 0.5) is 5.69 Å². The summed E-state index contributed by atoms with van der Waals surface area (Å²) in [7, 11) is 0. The number of rotatable bonds is 6. The minimum atomic E-state index is -0.279. The predicted octanol–water partition coefficient (Wildman–Crippen LogP) is 5.42. The molecule has 3 aromatic rings. The fourth-order valence-corrected chi connectivity index (χ4v) is 2.73. The molecule has 0 heterocycles. The summed E-state index contributed by atoms with van der Waals surface area (Å²) in [6.07, 6.45) is 3.32. The average Bonchev–Trinajstić information content (AvgIpc) is 2.71. The van der Waals surface area contributed by atoms with Crippen molar-refractivity contribution in [3.05, 3.63) is 98.4 Å². The molecule has 3 rings (SSSR count). The van der Waals surface area contributed by atoms with E-state index in [-0.39, 0.29) is 5.91 Å². The molecular formula is C21H16Br2N4O. The Bertz CT molecular complexity index is 982. The zero-order valence-corrected chi connectivity index (χ0v) is 17.8. The van der Waals surface area contributed by atoms with Crippen LogP contribution >= 0.6 is 31.9 Å². The highest BCUT2D eigenvalue weighted by Gasteiger charge is 2.03. The summed E-state index contributed by atoms with van der Waals surface area (Å²) in [4.78, 5) is 12.1. The van der Waals surface area contributed by atoms with E-state index in [0.717, 1.165) is 25.8 Å². The quantitative estimate of drug-likeness (QED) is 0.351. The Kier molecular flexibility index (Phi) is 7.11. The molecule has 140 valence electrons. The van der Waals surface area contributed by atoms with Crippen LogP contribution in [0.1, 0.15) is 21.5 Å². The molecule has 0 saturated heterocycles. The monoisotopic (exact) mass is 498 g/mol. The molecule has 7 heteroatoms. The third-order valence-electron chi connectivity index (χ3n) is 3.67. The third-order valence-corrected chi connectivity index (χ3v) is 4.73. The maximum atomic E-state index is 12.1. The van der Waals surface area contributed by atoms with Crippen molar-refractivity contribution in [1.29, 1.82) is 0 Å². The predicted molar refractivity (Wildman–Crippen MR) is 121 cm³/mol. The number of carbonyl (C=O) groups excluding carboxylic acids is 1. The van der Waals surface area contributed by atoms with Crippen LogP contribution in [0.25, 0.3) is 0 Å². The van der Waals surface area contributed by atoms with E-state index < -0.39 is 0 Å². The summed E-state index contributed by atoms with van der Waals surface area (Å²) in [6, 6.07) is 22.4.